The molecule has 1 aromatic rings. The molecule has 2 fully saturated rings. The maximum atomic E-state index is 12.8. The second-order valence-corrected chi connectivity index (χ2v) is 6.42. The van der Waals surface area contributed by atoms with Crippen molar-refractivity contribution in [1.82, 2.24) is 4.90 Å². The molecule has 6 heteroatoms. The first kappa shape index (κ1) is 16.6. The number of urea groups is 1. The molecule has 3 amide bonds. The SMILES string of the molecule is COc1cc(N2CC(=O)N(C3CCCCC3)C2=O)cc(C)c1OC. The summed E-state index contributed by atoms with van der Waals surface area (Å²) >= 11 is 0. The van der Waals surface area contributed by atoms with E-state index >= 15 is 0 Å². The smallest absolute Gasteiger partial charge is 0.331 e. The van der Waals surface area contributed by atoms with Gasteiger partial charge in [-0.1, -0.05) is 19.3 Å². The Morgan fingerprint density at radius 2 is 1.75 bits per heavy atom. The summed E-state index contributed by atoms with van der Waals surface area (Å²) in [6.45, 7) is 1.98. The Morgan fingerprint density at radius 3 is 2.38 bits per heavy atom. The Balaban J connectivity index is 1.89. The summed E-state index contributed by atoms with van der Waals surface area (Å²) in [5.74, 6) is 1.09. The van der Waals surface area contributed by atoms with Crippen molar-refractivity contribution < 1.29 is 19.1 Å². The van der Waals surface area contributed by atoms with Crippen LogP contribution in [0.1, 0.15) is 37.7 Å². The van der Waals surface area contributed by atoms with Gasteiger partial charge in [0.15, 0.2) is 11.5 Å². The fourth-order valence-electron chi connectivity index (χ4n) is 3.71. The van der Waals surface area contributed by atoms with Crippen LogP contribution in [-0.2, 0) is 4.79 Å². The average Bonchev–Trinajstić information content (AvgIpc) is 2.89. The molecule has 1 aromatic carbocycles. The van der Waals surface area contributed by atoms with Crippen molar-refractivity contribution in [3.63, 3.8) is 0 Å². The number of rotatable bonds is 4. The van der Waals surface area contributed by atoms with E-state index in [9.17, 15) is 9.59 Å². The number of methoxy groups -OCH3 is 2. The first-order valence-electron chi connectivity index (χ1n) is 8.43. The number of benzene rings is 1. The summed E-state index contributed by atoms with van der Waals surface area (Å²) in [6, 6.07) is 3.43. The molecule has 1 aliphatic heterocycles. The number of carbonyl (C=O) groups excluding carboxylic acids is 2. The highest BCUT2D eigenvalue weighted by molar-refractivity contribution is 6.12. The number of hydrogen-bond donors (Lipinski definition) is 0. The molecule has 0 atom stereocenters. The Bertz CT molecular complexity index is 653. The summed E-state index contributed by atoms with van der Waals surface area (Å²) < 4.78 is 10.7. The number of aryl methyl sites for hydroxylation is 1. The number of hydrogen-bond acceptors (Lipinski definition) is 4. The predicted octanol–water partition coefficient (Wildman–Crippen LogP) is 3.11. The zero-order valence-corrected chi connectivity index (χ0v) is 14.5. The molecule has 0 aromatic heterocycles. The van der Waals surface area contributed by atoms with Crippen LogP contribution in [0.15, 0.2) is 12.1 Å². The lowest BCUT2D eigenvalue weighted by Gasteiger charge is -2.29. The minimum Gasteiger partial charge on any atom is -0.493 e. The molecule has 130 valence electrons. The third kappa shape index (κ3) is 2.81. The van der Waals surface area contributed by atoms with Crippen molar-refractivity contribution in [2.75, 3.05) is 25.7 Å². The lowest BCUT2D eigenvalue weighted by Crippen LogP contribution is -2.42. The van der Waals surface area contributed by atoms with Gasteiger partial charge in [0.1, 0.15) is 6.54 Å². The number of amides is 3. The van der Waals surface area contributed by atoms with Crippen molar-refractivity contribution >= 4 is 17.6 Å². The molecule has 1 saturated carbocycles. The van der Waals surface area contributed by atoms with E-state index in [1.165, 1.54) is 16.2 Å². The normalized spacial score (nSPS) is 19.1. The van der Waals surface area contributed by atoms with Crippen molar-refractivity contribution in [1.29, 1.82) is 0 Å². The molecule has 1 aliphatic carbocycles. The number of nitrogens with zero attached hydrogens (tertiary/aromatic N) is 2. The van der Waals surface area contributed by atoms with Crippen LogP contribution in [0, 0.1) is 6.92 Å². The largest absolute Gasteiger partial charge is 0.493 e. The van der Waals surface area contributed by atoms with Crippen LogP contribution < -0.4 is 14.4 Å². The topological polar surface area (TPSA) is 59.1 Å². The van der Waals surface area contributed by atoms with E-state index in [1.54, 1.807) is 20.3 Å². The molecule has 0 radical (unpaired) electrons. The molecule has 0 unspecified atom stereocenters. The summed E-state index contributed by atoms with van der Waals surface area (Å²) in [5.41, 5.74) is 1.53. The molecule has 2 aliphatic rings. The van der Waals surface area contributed by atoms with Crippen LogP contribution in [0.3, 0.4) is 0 Å². The number of ether oxygens (including phenoxy) is 2. The first-order valence-corrected chi connectivity index (χ1v) is 8.43. The molecule has 1 heterocycles. The average molecular weight is 332 g/mol. The summed E-state index contributed by atoms with van der Waals surface area (Å²) in [6.07, 6.45) is 5.17. The van der Waals surface area contributed by atoms with Crippen LogP contribution in [-0.4, -0.2) is 43.6 Å². The second kappa shape index (κ2) is 6.71. The number of anilines is 1. The van der Waals surface area contributed by atoms with Crippen molar-refractivity contribution in [3.8, 4) is 11.5 Å². The highest BCUT2D eigenvalue weighted by atomic mass is 16.5. The standard InChI is InChI=1S/C18H24N2O4/c1-12-9-14(10-15(23-2)17(12)24-3)19-11-16(21)20(18(19)22)13-7-5-4-6-8-13/h9-10,13H,4-8,11H2,1-3H3. The van der Waals surface area contributed by atoms with Crippen LogP contribution in [0.4, 0.5) is 10.5 Å². The van der Waals surface area contributed by atoms with Gasteiger partial charge in [-0.3, -0.25) is 14.6 Å². The monoisotopic (exact) mass is 332 g/mol. The Labute approximate surface area is 142 Å². The van der Waals surface area contributed by atoms with Gasteiger partial charge in [0.05, 0.1) is 19.9 Å². The quantitative estimate of drug-likeness (QED) is 0.795. The minimum absolute atomic E-state index is 0.0463. The van der Waals surface area contributed by atoms with Gasteiger partial charge < -0.3 is 9.47 Å². The van der Waals surface area contributed by atoms with Gasteiger partial charge in [0.25, 0.3) is 5.91 Å². The van der Waals surface area contributed by atoms with E-state index in [4.69, 9.17) is 9.47 Å². The summed E-state index contributed by atoms with van der Waals surface area (Å²) in [7, 11) is 3.15. The van der Waals surface area contributed by atoms with Crippen LogP contribution in [0.2, 0.25) is 0 Å². The maximum absolute atomic E-state index is 12.8. The van der Waals surface area contributed by atoms with E-state index in [0.717, 1.165) is 31.2 Å². The molecule has 0 spiro atoms. The molecule has 3 rings (SSSR count). The molecular weight excluding hydrogens is 308 g/mol. The lowest BCUT2D eigenvalue weighted by molar-refractivity contribution is -0.126. The van der Waals surface area contributed by atoms with E-state index in [1.807, 2.05) is 13.0 Å². The Hall–Kier alpha value is -2.24. The lowest BCUT2D eigenvalue weighted by atomic mass is 9.94. The predicted molar refractivity (Wildman–Crippen MR) is 90.7 cm³/mol. The Kier molecular flexibility index (Phi) is 4.64. The van der Waals surface area contributed by atoms with Gasteiger partial charge in [-0.2, -0.15) is 0 Å². The number of imide groups is 1. The number of carbonyl (C=O) groups is 2. The zero-order valence-electron chi connectivity index (χ0n) is 14.5. The highest BCUT2D eigenvalue weighted by Crippen LogP contribution is 2.37. The fourth-order valence-corrected chi connectivity index (χ4v) is 3.71. The van der Waals surface area contributed by atoms with Gasteiger partial charge in [-0.15, -0.1) is 0 Å². The molecule has 6 nitrogen and oxygen atoms in total. The molecule has 0 bridgehead atoms. The summed E-state index contributed by atoms with van der Waals surface area (Å²) in [5, 5.41) is 0. The van der Waals surface area contributed by atoms with Gasteiger partial charge in [-0.25, -0.2) is 4.79 Å². The Morgan fingerprint density at radius 1 is 1.04 bits per heavy atom. The van der Waals surface area contributed by atoms with Crippen LogP contribution in [0.25, 0.3) is 0 Å². The second-order valence-electron chi connectivity index (χ2n) is 6.42. The molecule has 1 saturated heterocycles. The maximum Gasteiger partial charge on any atom is 0.331 e. The highest BCUT2D eigenvalue weighted by Gasteiger charge is 2.41. The molecule has 0 N–H and O–H groups in total. The minimum atomic E-state index is -0.224. The van der Waals surface area contributed by atoms with Gasteiger partial charge in [-0.05, 0) is 31.4 Å². The fraction of sp³-hybridized carbons (Fsp3) is 0.556. The van der Waals surface area contributed by atoms with E-state index in [-0.39, 0.29) is 24.5 Å². The van der Waals surface area contributed by atoms with Crippen molar-refractivity contribution in [3.05, 3.63) is 17.7 Å². The zero-order chi connectivity index (χ0) is 17.3. The molecule has 24 heavy (non-hydrogen) atoms. The van der Waals surface area contributed by atoms with Gasteiger partial charge >= 0.3 is 6.03 Å². The van der Waals surface area contributed by atoms with Crippen molar-refractivity contribution in [2.24, 2.45) is 0 Å². The first-order chi connectivity index (χ1) is 11.6. The van der Waals surface area contributed by atoms with Crippen LogP contribution >= 0.6 is 0 Å². The van der Waals surface area contributed by atoms with E-state index in [0.29, 0.717) is 17.2 Å². The van der Waals surface area contributed by atoms with Crippen LogP contribution in [0.5, 0.6) is 11.5 Å². The third-order valence-electron chi connectivity index (χ3n) is 4.90. The molecular formula is C18H24N2O4. The van der Waals surface area contributed by atoms with Gasteiger partial charge in [0.2, 0.25) is 0 Å². The van der Waals surface area contributed by atoms with E-state index < -0.39 is 0 Å². The summed E-state index contributed by atoms with van der Waals surface area (Å²) in [4.78, 5) is 28.3. The van der Waals surface area contributed by atoms with Crippen molar-refractivity contribution in [2.45, 2.75) is 45.1 Å². The van der Waals surface area contributed by atoms with E-state index in [2.05, 4.69) is 0 Å². The van der Waals surface area contributed by atoms with Gasteiger partial charge in [0, 0.05) is 12.1 Å². The third-order valence-corrected chi connectivity index (χ3v) is 4.90.